The third kappa shape index (κ3) is 6.12. The van der Waals surface area contributed by atoms with Crippen LogP contribution in [0.2, 0.25) is 0 Å². The first-order valence-corrected chi connectivity index (χ1v) is 14.3. The molecule has 0 saturated carbocycles. The molecule has 0 aliphatic heterocycles. The molecule has 0 aliphatic carbocycles. The quantitative estimate of drug-likeness (QED) is 0.193. The van der Waals surface area contributed by atoms with Crippen molar-refractivity contribution in [1.29, 1.82) is 0 Å². The van der Waals surface area contributed by atoms with E-state index in [-0.39, 0.29) is 17.5 Å². The first-order valence-electron chi connectivity index (χ1n) is 14.3. The molecule has 0 N–H and O–H groups in total. The first-order chi connectivity index (χ1) is 22.0. The number of hydrogen-bond donors (Lipinski definition) is 0. The van der Waals surface area contributed by atoms with E-state index in [2.05, 4.69) is 0 Å². The van der Waals surface area contributed by atoms with Gasteiger partial charge in [-0.15, -0.1) is 0 Å². The van der Waals surface area contributed by atoms with Crippen LogP contribution in [0, 0.1) is 17.5 Å². The lowest BCUT2D eigenvalue weighted by Gasteiger charge is -2.11. The minimum atomic E-state index is -0.299. The number of aromatic nitrogens is 3. The summed E-state index contributed by atoms with van der Waals surface area (Å²) >= 11 is 0. The molecule has 6 aromatic carbocycles. The van der Waals surface area contributed by atoms with E-state index in [1.807, 2.05) is 72.8 Å². The summed E-state index contributed by atoms with van der Waals surface area (Å²) in [7, 11) is 0. The Bertz CT molecular complexity index is 1870. The van der Waals surface area contributed by atoms with E-state index in [0.717, 1.165) is 50.1 Å². The van der Waals surface area contributed by atoms with E-state index in [1.165, 1.54) is 36.4 Å². The molecule has 0 atom stereocenters. The fourth-order valence-electron chi connectivity index (χ4n) is 5.20. The fourth-order valence-corrected chi connectivity index (χ4v) is 5.20. The topological polar surface area (TPSA) is 38.7 Å². The Kier molecular flexibility index (Phi) is 7.46. The van der Waals surface area contributed by atoms with Crippen molar-refractivity contribution in [3.63, 3.8) is 0 Å². The molecule has 0 spiro atoms. The molecule has 216 valence electrons. The largest absolute Gasteiger partial charge is 0.208 e. The Morgan fingerprint density at radius 3 is 0.778 bits per heavy atom. The van der Waals surface area contributed by atoms with Gasteiger partial charge in [0.1, 0.15) is 17.5 Å². The van der Waals surface area contributed by atoms with Crippen LogP contribution in [0.4, 0.5) is 13.2 Å². The van der Waals surface area contributed by atoms with Crippen LogP contribution >= 0.6 is 0 Å². The molecule has 0 unspecified atom stereocenters. The Morgan fingerprint density at radius 1 is 0.267 bits per heavy atom. The van der Waals surface area contributed by atoms with Crippen LogP contribution in [-0.4, -0.2) is 15.0 Å². The smallest absolute Gasteiger partial charge is 0.164 e. The van der Waals surface area contributed by atoms with Gasteiger partial charge >= 0.3 is 0 Å². The van der Waals surface area contributed by atoms with Crippen molar-refractivity contribution in [2.45, 2.75) is 0 Å². The van der Waals surface area contributed by atoms with Gasteiger partial charge in [0.2, 0.25) is 0 Å². The van der Waals surface area contributed by atoms with Crippen molar-refractivity contribution >= 4 is 0 Å². The Hall–Kier alpha value is -5.88. The van der Waals surface area contributed by atoms with E-state index in [4.69, 9.17) is 15.0 Å². The lowest BCUT2D eigenvalue weighted by Crippen LogP contribution is -2.00. The highest BCUT2D eigenvalue weighted by atomic mass is 19.1. The monoisotopic (exact) mass is 591 g/mol. The molecule has 0 radical (unpaired) electrons. The van der Waals surface area contributed by atoms with Crippen LogP contribution in [0.3, 0.4) is 0 Å². The van der Waals surface area contributed by atoms with E-state index in [0.29, 0.717) is 17.5 Å². The SMILES string of the molecule is Fc1ccc(-c2cccc(-c3nc(-c4cccc(-c5ccc(F)cc5)c4)nc(-c4cccc(-c5ccc(F)cc5)c4)n3)c2)cc1. The average molecular weight is 592 g/mol. The number of nitrogens with zero attached hydrogens (tertiary/aromatic N) is 3. The van der Waals surface area contributed by atoms with Gasteiger partial charge in [0.25, 0.3) is 0 Å². The maximum atomic E-state index is 13.6. The summed E-state index contributed by atoms with van der Waals surface area (Å²) in [4.78, 5) is 14.7. The molecule has 3 nitrogen and oxygen atoms in total. The van der Waals surface area contributed by atoms with Gasteiger partial charge in [-0.2, -0.15) is 0 Å². The van der Waals surface area contributed by atoms with Crippen molar-refractivity contribution in [3.05, 3.63) is 163 Å². The van der Waals surface area contributed by atoms with Gasteiger partial charge < -0.3 is 0 Å². The summed E-state index contributed by atoms with van der Waals surface area (Å²) in [5.41, 5.74) is 7.60. The van der Waals surface area contributed by atoms with Crippen molar-refractivity contribution in [1.82, 2.24) is 15.0 Å². The van der Waals surface area contributed by atoms with Gasteiger partial charge in [0.15, 0.2) is 17.5 Å². The van der Waals surface area contributed by atoms with E-state index in [1.54, 1.807) is 36.4 Å². The maximum absolute atomic E-state index is 13.6. The molecule has 6 heteroatoms. The number of halogens is 3. The van der Waals surface area contributed by atoms with Gasteiger partial charge in [-0.3, -0.25) is 0 Å². The van der Waals surface area contributed by atoms with Gasteiger partial charge in [-0.05, 0) is 88.0 Å². The lowest BCUT2D eigenvalue weighted by molar-refractivity contribution is 0.627. The van der Waals surface area contributed by atoms with Crippen molar-refractivity contribution in [2.75, 3.05) is 0 Å². The van der Waals surface area contributed by atoms with Gasteiger partial charge in [-0.1, -0.05) is 91.0 Å². The number of benzene rings is 6. The molecule has 0 amide bonds. The zero-order valence-electron chi connectivity index (χ0n) is 23.8. The summed E-state index contributed by atoms with van der Waals surface area (Å²) in [6.07, 6.45) is 0. The third-order valence-corrected chi connectivity index (χ3v) is 7.53. The van der Waals surface area contributed by atoms with Gasteiger partial charge in [-0.25, -0.2) is 28.1 Å². The minimum Gasteiger partial charge on any atom is -0.208 e. The van der Waals surface area contributed by atoms with Gasteiger partial charge in [0.05, 0.1) is 0 Å². The van der Waals surface area contributed by atoms with Gasteiger partial charge in [0, 0.05) is 16.7 Å². The summed E-state index contributed by atoms with van der Waals surface area (Å²) in [6.45, 7) is 0. The summed E-state index contributed by atoms with van der Waals surface area (Å²) in [6, 6.07) is 42.4. The van der Waals surface area contributed by atoms with Crippen molar-refractivity contribution in [2.24, 2.45) is 0 Å². The summed E-state index contributed by atoms with van der Waals surface area (Å²) in [5.74, 6) is 0.516. The Morgan fingerprint density at radius 2 is 0.511 bits per heavy atom. The normalized spacial score (nSPS) is 11.0. The zero-order chi connectivity index (χ0) is 30.8. The molecule has 7 aromatic rings. The highest BCUT2D eigenvalue weighted by Gasteiger charge is 2.15. The number of hydrogen-bond acceptors (Lipinski definition) is 3. The van der Waals surface area contributed by atoms with Crippen molar-refractivity contribution < 1.29 is 13.2 Å². The van der Waals surface area contributed by atoms with Crippen LogP contribution in [0.1, 0.15) is 0 Å². The van der Waals surface area contributed by atoms with E-state index in [9.17, 15) is 13.2 Å². The average Bonchev–Trinajstić information content (AvgIpc) is 3.09. The molecular weight excluding hydrogens is 567 g/mol. The van der Waals surface area contributed by atoms with Crippen LogP contribution in [0.25, 0.3) is 67.5 Å². The first kappa shape index (κ1) is 27.9. The molecule has 0 bridgehead atoms. The van der Waals surface area contributed by atoms with Crippen LogP contribution in [0.5, 0.6) is 0 Å². The second-order valence-electron chi connectivity index (χ2n) is 10.6. The second-order valence-corrected chi connectivity index (χ2v) is 10.6. The molecule has 7 rings (SSSR count). The predicted molar refractivity (Wildman–Crippen MR) is 172 cm³/mol. The predicted octanol–water partition coefficient (Wildman–Crippen LogP) is 10.3. The molecule has 1 heterocycles. The second kappa shape index (κ2) is 12.0. The molecule has 0 fully saturated rings. The number of rotatable bonds is 6. The summed E-state index contributed by atoms with van der Waals surface area (Å²) in [5, 5.41) is 0. The zero-order valence-corrected chi connectivity index (χ0v) is 23.8. The molecule has 45 heavy (non-hydrogen) atoms. The standard InChI is InChI=1S/C39H24F3N3/c40-34-16-10-25(11-17-34)28-4-1-7-31(22-28)37-43-38(32-8-2-5-29(23-32)26-12-18-35(41)19-13-26)45-39(44-37)33-9-3-6-30(24-33)27-14-20-36(42)21-15-27/h1-24H. The highest BCUT2D eigenvalue weighted by Crippen LogP contribution is 2.31. The summed E-state index contributed by atoms with van der Waals surface area (Å²) < 4.78 is 40.8. The molecular formula is C39H24F3N3. The molecule has 1 aromatic heterocycles. The Labute approximate surface area is 258 Å². The lowest BCUT2D eigenvalue weighted by atomic mass is 10.0. The van der Waals surface area contributed by atoms with Crippen LogP contribution < -0.4 is 0 Å². The maximum Gasteiger partial charge on any atom is 0.164 e. The van der Waals surface area contributed by atoms with E-state index < -0.39 is 0 Å². The molecule has 0 saturated heterocycles. The third-order valence-electron chi connectivity index (χ3n) is 7.53. The van der Waals surface area contributed by atoms with E-state index >= 15 is 0 Å². The fraction of sp³-hybridized carbons (Fsp3) is 0. The van der Waals surface area contributed by atoms with Crippen LogP contribution in [0.15, 0.2) is 146 Å². The van der Waals surface area contributed by atoms with Crippen LogP contribution in [-0.2, 0) is 0 Å². The Balaban J connectivity index is 1.37. The highest BCUT2D eigenvalue weighted by molar-refractivity contribution is 5.76. The minimum absolute atomic E-state index is 0.299. The molecule has 0 aliphatic rings. The van der Waals surface area contributed by atoms with Crippen molar-refractivity contribution in [3.8, 4) is 67.5 Å².